The summed E-state index contributed by atoms with van der Waals surface area (Å²) in [5.74, 6) is 1.01. The van der Waals surface area contributed by atoms with E-state index in [1.807, 2.05) is 32.0 Å². The van der Waals surface area contributed by atoms with Gasteiger partial charge in [0, 0.05) is 50.0 Å². The van der Waals surface area contributed by atoms with Crippen LogP contribution >= 0.6 is 0 Å². The first-order valence-electron chi connectivity index (χ1n) is 11.5. The maximum absolute atomic E-state index is 12.7. The summed E-state index contributed by atoms with van der Waals surface area (Å²) < 4.78 is 49.4. The number of carbonyl (C=O) groups excluding carboxylic acids is 1. The Hall–Kier alpha value is -3.96. The summed E-state index contributed by atoms with van der Waals surface area (Å²) in [6.45, 7) is 6.25. The van der Waals surface area contributed by atoms with E-state index in [0.29, 0.717) is 44.4 Å². The number of alkyl halides is 3. The summed E-state index contributed by atoms with van der Waals surface area (Å²) >= 11 is 0. The number of nitrogens with one attached hydrogen (secondary N) is 1. The Balaban J connectivity index is 1.35. The number of ether oxygens (including phenoxy) is 2. The Bertz CT molecular complexity index is 1190. The van der Waals surface area contributed by atoms with Crippen LogP contribution in [0.15, 0.2) is 48.8 Å². The molecule has 1 N–H and O–H groups in total. The van der Waals surface area contributed by atoms with Crippen LogP contribution in [0.3, 0.4) is 0 Å². The topological polar surface area (TPSA) is 84.8 Å². The third-order valence-electron chi connectivity index (χ3n) is 5.66. The van der Waals surface area contributed by atoms with Crippen molar-refractivity contribution in [3.8, 4) is 17.2 Å². The van der Waals surface area contributed by atoms with Crippen molar-refractivity contribution < 1.29 is 27.4 Å². The van der Waals surface area contributed by atoms with Crippen molar-refractivity contribution in [2.45, 2.75) is 26.8 Å². The Labute approximate surface area is 206 Å². The molecular weight excluding hydrogens is 477 g/mol. The van der Waals surface area contributed by atoms with Crippen LogP contribution in [0.25, 0.3) is 5.69 Å². The van der Waals surface area contributed by atoms with Gasteiger partial charge in [-0.15, -0.1) is 13.2 Å². The summed E-state index contributed by atoms with van der Waals surface area (Å²) in [6.07, 6.45) is -3.16. The highest BCUT2D eigenvalue weighted by molar-refractivity contribution is 5.74. The Morgan fingerprint density at radius 3 is 2.50 bits per heavy atom. The maximum Gasteiger partial charge on any atom is 0.573 e. The van der Waals surface area contributed by atoms with Crippen molar-refractivity contribution in [3.63, 3.8) is 0 Å². The Morgan fingerprint density at radius 1 is 1.08 bits per heavy atom. The van der Waals surface area contributed by atoms with Gasteiger partial charge in [-0.2, -0.15) is 5.10 Å². The zero-order valence-electron chi connectivity index (χ0n) is 20.0. The second-order valence-electron chi connectivity index (χ2n) is 8.11. The van der Waals surface area contributed by atoms with Gasteiger partial charge in [0.15, 0.2) is 0 Å². The highest BCUT2D eigenvalue weighted by Crippen LogP contribution is 2.29. The van der Waals surface area contributed by atoms with Gasteiger partial charge < -0.3 is 24.6 Å². The number of carbonyl (C=O) groups is 1. The molecule has 1 saturated heterocycles. The van der Waals surface area contributed by atoms with E-state index in [-0.39, 0.29) is 23.9 Å². The van der Waals surface area contributed by atoms with E-state index < -0.39 is 6.36 Å². The number of urea groups is 1. The van der Waals surface area contributed by atoms with Crippen molar-refractivity contribution in [2.24, 2.45) is 0 Å². The van der Waals surface area contributed by atoms with Gasteiger partial charge in [0.05, 0.1) is 6.61 Å². The first kappa shape index (κ1) is 25.1. The smallest absolute Gasteiger partial charge is 0.492 e. The maximum atomic E-state index is 12.7. The fourth-order valence-corrected chi connectivity index (χ4v) is 3.95. The van der Waals surface area contributed by atoms with Crippen LogP contribution in [-0.2, 0) is 6.54 Å². The van der Waals surface area contributed by atoms with E-state index in [2.05, 4.69) is 25.0 Å². The fourth-order valence-electron chi connectivity index (χ4n) is 3.95. The van der Waals surface area contributed by atoms with Crippen LogP contribution in [0.1, 0.15) is 18.3 Å². The molecule has 3 aromatic rings. The summed E-state index contributed by atoms with van der Waals surface area (Å²) in [7, 11) is 0. The molecule has 2 aromatic carbocycles. The summed E-state index contributed by atoms with van der Waals surface area (Å²) in [5.41, 5.74) is 1.99. The number of amides is 2. The summed E-state index contributed by atoms with van der Waals surface area (Å²) in [4.78, 5) is 20.6. The van der Waals surface area contributed by atoms with Gasteiger partial charge in [-0.3, -0.25) is 0 Å². The van der Waals surface area contributed by atoms with Gasteiger partial charge in [-0.25, -0.2) is 14.5 Å². The molecule has 0 saturated carbocycles. The third kappa shape index (κ3) is 6.18. The number of hydrogen-bond acceptors (Lipinski definition) is 6. The van der Waals surface area contributed by atoms with Gasteiger partial charge in [0.2, 0.25) is 0 Å². The molecule has 0 atom stereocenters. The largest absolute Gasteiger partial charge is 0.573 e. The zero-order chi connectivity index (χ0) is 25.7. The molecule has 0 spiro atoms. The molecule has 0 aliphatic carbocycles. The number of hydrogen-bond donors (Lipinski definition) is 1. The number of nitrogens with zero attached hydrogens (tertiary/aromatic N) is 5. The monoisotopic (exact) mass is 504 g/mol. The lowest BCUT2D eigenvalue weighted by molar-refractivity contribution is -0.274. The molecule has 1 aliphatic heterocycles. The van der Waals surface area contributed by atoms with Crippen molar-refractivity contribution in [2.75, 3.05) is 37.7 Å². The van der Waals surface area contributed by atoms with Gasteiger partial charge in [0.1, 0.15) is 29.3 Å². The first-order chi connectivity index (χ1) is 17.2. The predicted molar refractivity (Wildman–Crippen MR) is 126 cm³/mol. The molecule has 1 fully saturated rings. The van der Waals surface area contributed by atoms with E-state index in [1.54, 1.807) is 22.0 Å². The van der Waals surface area contributed by atoms with Gasteiger partial charge in [-0.1, -0.05) is 18.2 Å². The van der Waals surface area contributed by atoms with Crippen LogP contribution in [0, 0.1) is 6.92 Å². The molecule has 4 rings (SSSR count). The Morgan fingerprint density at radius 2 is 1.83 bits per heavy atom. The van der Waals surface area contributed by atoms with E-state index in [9.17, 15) is 18.0 Å². The fraction of sp³-hybridized carbons (Fsp3) is 0.375. The molecule has 0 unspecified atom stereocenters. The number of halogens is 3. The number of aryl methyl sites for hydroxylation is 1. The van der Waals surface area contributed by atoms with Crippen LogP contribution < -0.4 is 19.7 Å². The van der Waals surface area contributed by atoms with Crippen molar-refractivity contribution in [1.29, 1.82) is 0 Å². The Kier molecular flexibility index (Phi) is 7.51. The quantitative estimate of drug-likeness (QED) is 0.526. The van der Waals surface area contributed by atoms with E-state index in [0.717, 1.165) is 11.4 Å². The number of benzene rings is 2. The molecule has 2 heterocycles. The highest BCUT2D eigenvalue weighted by Gasteiger charge is 2.32. The lowest BCUT2D eigenvalue weighted by Gasteiger charge is -2.36. The van der Waals surface area contributed by atoms with Gasteiger partial charge in [-0.05, 0) is 32.0 Å². The molecule has 0 bridgehead atoms. The van der Waals surface area contributed by atoms with Crippen LogP contribution in [0.4, 0.5) is 23.7 Å². The van der Waals surface area contributed by atoms with E-state index in [1.165, 1.54) is 18.2 Å². The minimum Gasteiger partial charge on any atom is -0.492 e. The molecule has 2 amide bonds. The van der Waals surface area contributed by atoms with E-state index >= 15 is 0 Å². The molecule has 1 aromatic heterocycles. The number of piperazine rings is 1. The molecule has 0 radical (unpaired) electrons. The van der Waals surface area contributed by atoms with Crippen LogP contribution in [-0.4, -0.2) is 64.8 Å². The number of anilines is 1. The standard InChI is InChI=1S/C24H27F3N6O3/c1-3-35-22-14-19(8-9-20(22)33-16-29-17(2)30-33)31-10-12-32(13-11-31)23(34)28-15-18-6-4-5-7-21(18)36-24(25,26)27/h4-9,14,16H,3,10-13,15H2,1-2H3,(H,28,34). The predicted octanol–water partition coefficient (Wildman–Crippen LogP) is 3.90. The normalized spacial score (nSPS) is 14.0. The second-order valence-corrected chi connectivity index (χ2v) is 8.11. The lowest BCUT2D eigenvalue weighted by Crippen LogP contribution is -2.51. The highest BCUT2D eigenvalue weighted by atomic mass is 19.4. The minimum absolute atomic E-state index is 0.0771. The van der Waals surface area contributed by atoms with Crippen LogP contribution in [0.5, 0.6) is 11.5 Å². The second kappa shape index (κ2) is 10.8. The molecule has 9 nitrogen and oxygen atoms in total. The zero-order valence-corrected chi connectivity index (χ0v) is 20.0. The first-order valence-corrected chi connectivity index (χ1v) is 11.5. The summed E-state index contributed by atoms with van der Waals surface area (Å²) in [6, 6.07) is 11.2. The van der Waals surface area contributed by atoms with Gasteiger partial charge in [0.25, 0.3) is 0 Å². The van der Waals surface area contributed by atoms with Crippen molar-refractivity contribution >= 4 is 11.7 Å². The lowest BCUT2D eigenvalue weighted by atomic mass is 10.2. The number of aromatic nitrogens is 3. The molecular formula is C24H27F3N6O3. The molecule has 12 heteroatoms. The third-order valence-corrected chi connectivity index (χ3v) is 5.66. The van der Waals surface area contributed by atoms with Crippen molar-refractivity contribution in [1.82, 2.24) is 25.0 Å². The van der Waals surface area contributed by atoms with E-state index in [4.69, 9.17) is 4.74 Å². The molecule has 36 heavy (non-hydrogen) atoms. The number of para-hydroxylation sites is 1. The minimum atomic E-state index is -4.80. The van der Waals surface area contributed by atoms with Crippen LogP contribution in [0.2, 0.25) is 0 Å². The SMILES string of the molecule is CCOc1cc(N2CCN(C(=O)NCc3ccccc3OC(F)(F)F)CC2)ccc1-n1cnc(C)n1. The summed E-state index contributed by atoms with van der Waals surface area (Å²) in [5, 5.41) is 7.04. The number of rotatable bonds is 7. The molecule has 1 aliphatic rings. The van der Waals surface area contributed by atoms with Gasteiger partial charge >= 0.3 is 12.4 Å². The average Bonchev–Trinajstić information content (AvgIpc) is 3.28. The average molecular weight is 505 g/mol. The molecule has 192 valence electrons. The van der Waals surface area contributed by atoms with Crippen molar-refractivity contribution in [3.05, 3.63) is 60.2 Å².